The summed E-state index contributed by atoms with van der Waals surface area (Å²) in [5.41, 5.74) is 8.44. The largest absolute Gasteiger partial charge is 0.481 e. The zero-order valence-corrected chi connectivity index (χ0v) is 28.4. The number of ether oxygens (including phenoxy) is 2. The van der Waals surface area contributed by atoms with Crippen LogP contribution in [0.1, 0.15) is 41.6 Å². The lowest BCUT2D eigenvalue weighted by molar-refractivity contribution is 0.0799. The fourth-order valence-corrected chi connectivity index (χ4v) is 6.77. The molecule has 1 aliphatic carbocycles. The summed E-state index contributed by atoms with van der Waals surface area (Å²) in [5, 5.41) is 12.7. The molecule has 244 valence electrons. The van der Waals surface area contributed by atoms with Gasteiger partial charge in [0, 0.05) is 59.8 Å². The highest BCUT2D eigenvalue weighted by molar-refractivity contribution is 6.36. The van der Waals surface area contributed by atoms with Gasteiger partial charge in [-0.1, -0.05) is 41.9 Å². The number of nitrogens with one attached hydrogen (secondary N) is 2. The molecule has 0 atom stereocenters. The molecule has 2 aromatic carbocycles. The second-order valence-corrected chi connectivity index (χ2v) is 12.5. The lowest BCUT2D eigenvalue weighted by atomic mass is 9.96. The minimum atomic E-state index is -0.204. The number of aromatic nitrogens is 4. The number of anilines is 2. The Morgan fingerprint density at radius 1 is 1.00 bits per heavy atom. The lowest BCUT2D eigenvalue weighted by Gasteiger charge is -2.20. The van der Waals surface area contributed by atoms with Gasteiger partial charge in [-0.25, -0.2) is 14.6 Å². The zero-order chi connectivity index (χ0) is 33.1. The van der Waals surface area contributed by atoms with Crippen LogP contribution in [0, 0.1) is 13.8 Å². The van der Waals surface area contributed by atoms with Crippen LogP contribution in [0.2, 0.25) is 5.02 Å². The van der Waals surface area contributed by atoms with Crippen LogP contribution >= 0.6 is 11.6 Å². The molecule has 1 saturated heterocycles. The maximum Gasteiger partial charge on any atom is 0.278 e. The second kappa shape index (κ2) is 14.2. The predicted octanol–water partition coefficient (Wildman–Crippen LogP) is 6.95. The first kappa shape index (κ1) is 32.6. The van der Waals surface area contributed by atoms with Crippen molar-refractivity contribution in [3.05, 3.63) is 92.5 Å². The molecule has 10 heteroatoms. The number of nitrogens with zero attached hydrogens (tertiary/aromatic N) is 4. The van der Waals surface area contributed by atoms with Gasteiger partial charge >= 0.3 is 0 Å². The third-order valence-electron chi connectivity index (χ3n) is 9.08. The molecular weight excluding hydrogens is 612 g/mol. The monoisotopic (exact) mass is 652 g/mol. The van der Waals surface area contributed by atoms with Crippen molar-refractivity contribution in [1.82, 2.24) is 25.1 Å². The number of fused-ring (bicyclic) bond motifs is 2. The number of halogens is 1. The van der Waals surface area contributed by atoms with Gasteiger partial charge in [-0.05, 0) is 87.9 Å². The third kappa shape index (κ3) is 6.74. The van der Waals surface area contributed by atoms with E-state index in [4.69, 9.17) is 26.1 Å². The maximum atomic E-state index is 12.9. The lowest BCUT2D eigenvalue weighted by Crippen LogP contribution is -2.31. The third-order valence-corrected chi connectivity index (χ3v) is 9.49. The van der Waals surface area contributed by atoms with E-state index in [1.165, 1.54) is 28.7 Å². The van der Waals surface area contributed by atoms with Gasteiger partial charge < -0.3 is 20.1 Å². The first-order valence-electron chi connectivity index (χ1n) is 16.1. The molecule has 2 aliphatic rings. The summed E-state index contributed by atoms with van der Waals surface area (Å²) in [6.07, 6.45) is 7.16. The van der Waals surface area contributed by atoms with Gasteiger partial charge in [0.2, 0.25) is 5.88 Å². The fourth-order valence-electron chi connectivity index (χ4n) is 6.44. The molecule has 3 aromatic heterocycles. The quantitative estimate of drug-likeness (QED) is 0.203. The van der Waals surface area contributed by atoms with Crippen LogP contribution < -0.4 is 20.9 Å². The van der Waals surface area contributed by atoms with Crippen LogP contribution in [0.5, 0.6) is 5.88 Å². The average Bonchev–Trinajstić information content (AvgIpc) is 3.57. The summed E-state index contributed by atoms with van der Waals surface area (Å²) in [6, 6.07) is 16.7. The first-order chi connectivity index (χ1) is 22.8. The second-order valence-electron chi connectivity index (χ2n) is 12.1. The van der Waals surface area contributed by atoms with E-state index in [2.05, 4.69) is 26.8 Å². The van der Waals surface area contributed by atoms with Gasteiger partial charge in [-0.15, -0.1) is 0 Å². The molecule has 1 fully saturated rings. The van der Waals surface area contributed by atoms with Crippen molar-refractivity contribution in [3.8, 4) is 28.3 Å². The summed E-state index contributed by atoms with van der Waals surface area (Å²) >= 11 is 7.08. The molecule has 9 nitrogen and oxygen atoms in total. The molecule has 5 aromatic rings. The van der Waals surface area contributed by atoms with E-state index in [0.29, 0.717) is 28.1 Å². The SMILES string of the molecule is CNC1CCOCC1.COc1nc(-c2cccc(-c3cccc(Nc4nc(C)cc5cnn(C)c(=O)c45)c3C)c2Cl)cc2c1CCC2. The molecule has 0 amide bonds. The first-order valence-corrected chi connectivity index (χ1v) is 16.5. The van der Waals surface area contributed by atoms with Crippen LogP contribution in [0.15, 0.2) is 59.5 Å². The molecule has 2 N–H and O–H groups in total. The fraction of sp³-hybridized carbons (Fsp3) is 0.351. The molecule has 0 unspecified atom stereocenters. The number of hydrogen-bond donors (Lipinski definition) is 2. The van der Waals surface area contributed by atoms with Crippen molar-refractivity contribution in [1.29, 1.82) is 0 Å². The number of methoxy groups -OCH3 is 1. The van der Waals surface area contributed by atoms with Crippen molar-refractivity contribution >= 4 is 33.9 Å². The number of aryl methyl sites for hydroxylation is 3. The van der Waals surface area contributed by atoms with Crippen LogP contribution in [0.25, 0.3) is 33.2 Å². The summed E-state index contributed by atoms with van der Waals surface area (Å²) in [4.78, 5) is 22.4. The maximum absolute atomic E-state index is 12.9. The van der Waals surface area contributed by atoms with E-state index in [1.54, 1.807) is 20.4 Å². The summed E-state index contributed by atoms with van der Waals surface area (Å²) in [5.74, 6) is 1.19. The Kier molecular flexibility index (Phi) is 9.87. The predicted molar refractivity (Wildman–Crippen MR) is 189 cm³/mol. The Morgan fingerprint density at radius 3 is 2.49 bits per heavy atom. The summed E-state index contributed by atoms with van der Waals surface area (Å²) in [6.45, 7) is 5.81. The molecule has 4 heterocycles. The number of rotatable bonds is 6. The molecule has 47 heavy (non-hydrogen) atoms. The smallest absolute Gasteiger partial charge is 0.278 e. The van der Waals surface area contributed by atoms with Crippen LogP contribution in [-0.4, -0.2) is 53.2 Å². The van der Waals surface area contributed by atoms with E-state index in [0.717, 1.165) is 77.2 Å². The highest BCUT2D eigenvalue weighted by Gasteiger charge is 2.21. The Bertz CT molecular complexity index is 1990. The molecular formula is C37H41ClN6O3. The number of benzene rings is 2. The minimum Gasteiger partial charge on any atom is -0.481 e. The molecule has 0 saturated carbocycles. The van der Waals surface area contributed by atoms with Gasteiger partial charge in [0.15, 0.2) is 0 Å². The van der Waals surface area contributed by atoms with Crippen molar-refractivity contribution in [2.24, 2.45) is 7.05 Å². The standard InChI is InChI=1S/C31H28ClN5O2.C6H13NO/c1-17-14-20-16-33-37(3)31(38)27(20)29(34-17)35-25-13-7-9-21(18(25)2)23-11-6-12-24(28(23)32)26-15-19-8-5-10-22(19)30(36-26)39-4;1-7-6-2-4-8-5-3-6/h6-7,9,11-16H,5,8,10H2,1-4H3,(H,34,35);6-7H,2-5H2,1H3. The van der Waals surface area contributed by atoms with Crippen LogP contribution in [-0.2, 0) is 24.6 Å². The van der Waals surface area contributed by atoms with E-state index in [1.807, 2.05) is 63.4 Å². The molecule has 0 radical (unpaired) electrons. The summed E-state index contributed by atoms with van der Waals surface area (Å²) < 4.78 is 12.1. The average molecular weight is 653 g/mol. The van der Waals surface area contributed by atoms with Gasteiger partial charge in [0.1, 0.15) is 5.82 Å². The molecule has 0 spiro atoms. The van der Waals surface area contributed by atoms with E-state index in [9.17, 15) is 4.79 Å². The highest BCUT2D eigenvalue weighted by atomic mass is 35.5. The zero-order valence-electron chi connectivity index (χ0n) is 27.6. The Hall–Kier alpha value is -4.31. The number of pyridine rings is 2. The molecule has 1 aliphatic heterocycles. The van der Waals surface area contributed by atoms with E-state index >= 15 is 0 Å². The van der Waals surface area contributed by atoms with Crippen molar-refractivity contribution in [3.63, 3.8) is 0 Å². The van der Waals surface area contributed by atoms with E-state index < -0.39 is 0 Å². The van der Waals surface area contributed by atoms with Crippen LogP contribution in [0.3, 0.4) is 0 Å². The Morgan fingerprint density at radius 2 is 1.74 bits per heavy atom. The topological polar surface area (TPSA) is 103 Å². The Balaban J connectivity index is 0.000000424. The van der Waals surface area contributed by atoms with Crippen molar-refractivity contribution < 1.29 is 9.47 Å². The summed E-state index contributed by atoms with van der Waals surface area (Å²) in [7, 11) is 5.32. The van der Waals surface area contributed by atoms with Gasteiger partial charge in [-0.2, -0.15) is 5.10 Å². The van der Waals surface area contributed by atoms with Gasteiger partial charge in [0.25, 0.3) is 5.56 Å². The normalized spacial score (nSPS) is 14.4. The van der Waals surface area contributed by atoms with Crippen molar-refractivity contribution in [2.45, 2.75) is 52.0 Å². The van der Waals surface area contributed by atoms with E-state index in [-0.39, 0.29) is 5.56 Å². The number of hydrogen-bond acceptors (Lipinski definition) is 8. The molecule has 0 bridgehead atoms. The highest BCUT2D eigenvalue weighted by Crippen LogP contribution is 2.41. The van der Waals surface area contributed by atoms with Gasteiger partial charge in [-0.3, -0.25) is 4.79 Å². The Labute approximate surface area is 280 Å². The van der Waals surface area contributed by atoms with Gasteiger partial charge in [0.05, 0.1) is 29.4 Å². The molecule has 7 rings (SSSR count). The minimum absolute atomic E-state index is 0.204. The van der Waals surface area contributed by atoms with Crippen molar-refractivity contribution in [2.75, 3.05) is 32.7 Å². The van der Waals surface area contributed by atoms with Crippen LogP contribution in [0.4, 0.5) is 11.5 Å².